The lowest BCUT2D eigenvalue weighted by Crippen LogP contribution is -2.14. The van der Waals surface area contributed by atoms with Gasteiger partial charge in [-0.25, -0.2) is 4.39 Å². The first-order valence-corrected chi connectivity index (χ1v) is 9.29. The molecule has 0 aliphatic heterocycles. The lowest BCUT2D eigenvalue weighted by molar-refractivity contribution is -0.112. The van der Waals surface area contributed by atoms with Gasteiger partial charge in [-0.15, -0.1) is 0 Å². The maximum Gasteiger partial charge on any atom is 0.266 e. The molecule has 1 N–H and O–H groups in total. The second kappa shape index (κ2) is 8.99. The Morgan fingerprint density at radius 1 is 1.03 bits per heavy atom. The van der Waals surface area contributed by atoms with Crippen molar-refractivity contribution in [1.29, 1.82) is 5.26 Å². The third-order valence-corrected chi connectivity index (χ3v) is 4.69. The Morgan fingerprint density at radius 2 is 1.72 bits per heavy atom. The maximum absolute atomic E-state index is 14.0. The summed E-state index contributed by atoms with van der Waals surface area (Å²) in [5, 5.41) is 12.3. The number of rotatable bonds is 5. The van der Waals surface area contributed by atoms with Gasteiger partial charge in [0, 0.05) is 12.1 Å². The van der Waals surface area contributed by atoms with E-state index in [1.54, 1.807) is 24.3 Å². The molecule has 29 heavy (non-hydrogen) atoms. The number of amides is 1. The summed E-state index contributed by atoms with van der Waals surface area (Å²) in [6.45, 7) is 3.88. The average molecular weight is 384 g/mol. The number of nitrogens with zero attached hydrogens (tertiary/aromatic N) is 1. The molecule has 0 atom stereocenters. The summed E-state index contributed by atoms with van der Waals surface area (Å²) in [6, 6.07) is 21.6. The molecule has 0 saturated heterocycles. The van der Waals surface area contributed by atoms with Crippen LogP contribution in [0.1, 0.15) is 27.8 Å². The van der Waals surface area contributed by atoms with Crippen LogP contribution in [0.3, 0.4) is 0 Å². The molecule has 0 spiro atoms. The van der Waals surface area contributed by atoms with Crippen LogP contribution in [0.25, 0.3) is 6.08 Å². The molecule has 3 aromatic carbocycles. The first-order valence-electron chi connectivity index (χ1n) is 9.29. The second-order valence-corrected chi connectivity index (χ2v) is 6.91. The van der Waals surface area contributed by atoms with Crippen molar-refractivity contribution >= 4 is 17.7 Å². The van der Waals surface area contributed by atoms with Crippen LogP contribution in [0.4, 0.5) is 10.1 Å². The standard InChI is InChI=1S/C25H21FN2O/c1-17-11-12-24(18(2)13-17)28-25(29)22(16-27)15-20-8-4-3-7-19(20)14-21-9-5-6-10-23(21)26/h3-13,15H,14H2,1-2H3,(H,28,29)/b22-15+. The highest BCUT2D eigenvalue weighted by Gasteiger charge is 2.13. The topological polar surface area (TPSA) is 52.9 Å². The van der Waals surface area contributed by atoms with Gasteiger partial charge in [-0.1, -0.05) is 60.2 Å². The van der Waals surface area contributed by atoms with Crippen molar-refractivity contribution in [2.24, 2.45) is 0 Å². The fourth-order valence-corrected chi connectivity index (χ4v) is 3.13. The zero-order valence-electron chi connectivity index (χ0n) is 16.4. The van der Waals surface area contributed by atoms with Crippen molar-refractivity contribution in [2.75, 3.05) is 5.32 Å². The lowest BCUT2D eigenvalue weighted by Gasteiger charge is -2.10. The summed E-state index contributed by atoms with van der Waals surface area (Å²) in [5.41, 5.74) is 4.79. The van der Waals surface area contributed by atoms with E-state index in [-0.39, 0.29) is 11.4 Å². The molecule has 4 heteroatoms. The summed E-state index contributed by atoms with van der Waals surface area (Å²) < 4.78 is 14.0. The van der Waals surface area contributed by atoms with E-state index in [0.29, 0.717) is 23.2 Å². The van der Waals surface area contributed by atoms with Crippen LogP contribution < -0.4 is 5.32 Å². The molecule has 0 aliphatic carbocycles. The van der Waals surface area contributed by atoms with Crippen LogP contribution >= 0.6 is 0 Å². The van der Waals surface area contributed by atoms with Gasteiger partial charge in [0.15, 0.2) is 0 Å². The fourth-order valence-electron chi connectivity index (χ4n) is 3.13. The van der Waals surface area contributed by atoms with Crippen molar-refractivity contribution in [3.63, 3.8) is 0 Å². The van der Waals surface area contributed by atoms with Crippen LogP contribution in [0, 0.1) is 31.0 Å². The normalized spacial score (nSPS) is 11.0. The highest BCUT2D eigenvalue weighted by molar-refractivity contribution is 6.10. The van der Waals surface area contributed by atoms with Crippen LogP contribution in [-0.4, -0.2) is 5.91 Å². The minimum Gasteiger partial charge on any atom is -0.321 e. The number of carbonyl (C=O) groups excluding carboxylic acids is 1. The predicted octanol–water partition coefficient (Wildman–Crippen LogP) is 5.58. The number of carbonyl (C=O) groups is 1. The van der Waals surface area contributed by atoms with E-state index in [1.807, 2.05) is 62.4 Å². The van der Waals surface area contributed by atoms with E-state index in [4.69, 9.17) is 0 Å². The molecule has 3 rings (SSSR count). The largest absolute Gasteiger partial charge is 0.321 e. The van der Waals surface area contributed by atoms with Crippen molar-refractivity contribution < 1.29 is 9.18 Å². The van der Waals surface area contributed by atoms with E-state index in [1.165, 1.54) is 6.07 Å². The van der Waals surface area contributed by atoms with E-state index < -0.39 is 5.91 Å². The first-order chi connectivity index (χ1) is 14.0. The number of nitriles is 1. The number of nitrogens with one attached hydrogen (secondary N) is 1. The molecule has 144 valence electrons. The number of hydrogen-bond acceptors (Lipinski definition) is 2. The number of halogens is 1. The molecule has 0 aromatic heterocycles. The Morgan fingerprint density at radius 3 is 2.41 bits per heavy atom. The minimum atomic E-state index is -0.472. The van der Waals surface area contributed by atoms with Crippen molar-refractivity contribution in [1.82, 2.24) is 0 Å². The average Bonchev–Trinajstić information content (AvgIpc) is 2.71. The summed E-state index contributed by atoms with van der Waals surface area (Å²) in [7, 11) is 0. The fraction of sp³-hybridized carbons (Fsp3) is 0.120. The number of aryl methyl sites for hydroxylation is 2. The van der Waals surface area contributed by atoms with E-state index >= 15 is 0 Å². The van der Waals surface area contributed by atoms with Crippen molar-refractivity contribution in [3.8, 4) is 6.07 Å². The molecule has 0 bridgehead atoms. The number of benzene rings is 3. The predicted molar refractivity (Wildman–Crippen MR) is 114 cm³/mol. The van der Waals surface area contributed by atoms with Crippen LogP contribution in [0.2, 0.25) is 0 Å². The minimum absolute atomic E-state index is 0.00837. The van der Waals surface area contributed by atoms with Gasteiger partial charge < -0.3 is 5.32 Å². The van der Waals surface area contributed by atoms with Gasteiger partial charge in [0.25, 0.3) is 5.91 Å². The maximum atomic E-state index is 14.0. The third kappa shape index (κ3) is 4.97. The molecular formula is C25H21FN2O. The Labute approximate surface area is 170 Å². The molecule has 0 unspecified atom stereocenters. The second-order valence-electron chi connectivity index (χ2n) is 6.91. The summed E-state index contributed by atoms with van der Waals surface area (Å²) in [6.07, 6.45) is 1.92. The van der Waals surface area contributed by atoms with Gasteiger partial charge in [0.1, 0.15) is 17.5 Å². The van der Waals surface area contributed by atoms with E-state index in [0.717, 1.165) is 16.7 Å². The first kappa shape index (κ1) is 20.0. The molecule has 0 fully saturated rings. The molecule has 0 radical (unpaired) electrons. The van der Waals surface area contributed by atoms with Gasteiger partial charge in [-0.2, -0.15) is 5.26 Å². The monoisotopic (exact) mass is 384 g/mol. The van der Waals surface area contributed by atoms with Gasteiger partial charge in [0.05, 0.1) is 0 Å². The molecule has 0 aliphatic rings. The molecule has 3 nitrogen and oxygen atoms in total. The quantitative estimate of drug-likeness (QED) is 0.461. The summed E-state index contributed by atoms with van der Waals surface area (Å²) in [5.74, 6) is -0.750. The third-order valence-electron chi connectivity index (χ3n) is 4.69. The zero-order chi connectivity index (χ0) is 20.8. The highest BCUT2D eigenvalue weighted by Crippen LogP contribution is 2.21. The van der Waals surface area contributed by atoms with Crippen molar-refractivity contribution in [2.45, 2.75) is 20.3 Å². The highest BCUT2D eigenvalue weighted by atomic mass is 19.1. The molecule has 0 heterocycles. The van der Waals surface area contributed by atoms with Gasteiger partial charge >= 0.3 is 0 Å². The van der Waals surface area contributed by atoms with Gasteiger partial charge in [0.2, 0.25) is 0 Å². The lowest BCUT2D eigenvalue weighted by atomic mass is 9.98. The van der Waals surface area contributed by atoms with Crippen LogP contribution in [0.15, 0.2) is 72.3 Å². The van der Waals surface area contributed by atoms with Gasteiger partial charge in [-0.05, 0) is 54.3 Å². The van der Waals surface area contributed by atoms with Gasteiger partial charge in [-0.3, -0.25) is 4.79 Å². The Hall–Kier alpha value is -3.71. The van der Waals surface area contributed by atoms with E-state index in [9.17, 15) is 14.4 Å². The summed E-state index contributed by atoms with van der Waals surface area (Å²) in [4.78, 5) is 12.6. The molecular weight excluding hydrogens is 363 g/mol. The van der Waals surface area contributed by atoms with Crippen LogP contribution in [-0.2, 0) is 11.2 Å². The van der Waals surface area contributed by atoms with Crippen LogP contribution in [0.5, 0.6) is 0 Å². The smallest absolute Gasteiger partial charge is 0.266 e. The Bertz CT molecular complexity index is 1130. The Kier molecular flexibility index (Phi) is 6.21. The number of anilines is 1. The SMILES string of the molecule is Cc1ccc(NC(=O)/C(C#N)=C/c2ccccc2Cc2ccccc2F)c(C)c1. The van der Waals surface area contributed by atoms with Crippen molar-refractivity contribution in [3.05, 3.63) is 106 Å². The number of hydrogen-bond donors (Lipinski definition) is 1. The Balaban J connectivity index is 1.88. The summed E-state index contributed by atoms with van der Waals surface area (Å²) >= 11 is 0. The van der Waals surface area contributed by atoms with E-state index in [2.05, 4.69) is 5.32 Å². The molecule has 0 saturated carbocycles. The molecule has 1 amide bonds. The molecule has 3 aromatic rings. The zero-order valence-corrected chi connectivity index (χ0v) is 16.4.